The van der Waals surface area contributed by atoms with Gasteiger partial charge in [-0.3, -0.25) is 4.79 Å². The van der Waals surface area contributed by atoms with Gasteiger partial charge in [0, 0.05) is 31.7 Å². The van der Waals surface area contributed by atoms with Gasteiger partial charge in [0.25, 0.3) is 5.91 Å². The maximum absolute atomic E-state index is 12.6. The number of nitrogens with zero attached hydrogens (tertiary/aromatic N) is 2. The highest BCUT2D eigenvalue weighted by Gasteiger charge is 2.29. The predicted octanol–water partition coefficient (Wildman–Crippen LogP) is 0.130. The van der Waals surface area contributed by atoms with E-state index in [1.54, 1.807) is 18.2 Å². The summed E-state index contributed by atoms with van der Waals surface area (Å²) in [6.45, 7) is 3.07. The molecule has 6 heteroatoms. The Labute approximate surface area is 118 Å². The van der Waals surface area contributed by atoms with Crippen LogP contribution in [0.4, 0.5) is 0 Å². The van der Waals surface area contributed by atoms with E-state index in [9.17, 15) is 4.79 Å². The molecule has 0 radical (unpaired) electrons. The van der Waals surface area contributed by atoms with Gasteiger partial charge in [-0.2, -0.15) is 0 Å². The monoisotopic (exact) mass is 277 g/mol. The van der Waals surface area contributed by atoms with Crippen molar-refractivity contribution in [2.75, 3.05) is 40.0 Å². The SMILES string of the molecule is CN1CCN(C(=O)c2ccc3c(c2)OCO3)C(CN)C1. The summed E-state index contributed by atoms with van der Waals surface area (Å²) in [5.74, 6) is 1.33. The van der Waals surface area contributed by atoms with Gasteiger partial charge in [-0.25, -0.2) is 0 Å². The quantitative estimate of drug-likeness (QED) is 0.832. The Bertz CT molecular complexity index is 520. The van der Waals surface area contributed by atoms with Gasteiger partial charge < -0.3 is 25.0 Å². The topological polar surface area (TPSA) is 68.0 Å². The molecule has 2 aliphatic rings. The van der Waals surface area contributed by atoms with Crippen molar-refractivity contribution in [3.63, 3.8) is 0 Å². The molecule has 1 atom stereocenters. The van der Waals surface area contributed by atoms with Crippen molar-refractivity contribution in [2.45, 2.75) is 6.04 Å². The lowest BCUT2D eigenvalue weighted by Gasteiger charge is -2.39. The van der Waals surface area contributed by atoms with Gasteiger partial charge in [-0.15, -0.1) is 0 Å². The first-order valence-electron chi connectivity index (χ1n) is 6.78. The highest BCUT2D eigenvalue weighted by atomic mass is 16.7. The molecule has 6 nitrogen and oxygen atoms in total. The molecule has 0 bridgehead atoms. The average Bonchev–Trinajstić information content (AvgIpc) is 2.93. The van der Waals surface area contributed by atoms with Crippen LogP contribution in [-0.4, -0.2) is 61.8 Å². The highest BCUT2D eigenvalue weighted by molar-refractivity contribution is 5.95. The second-order valence-electron chi connectivity index (χ2n) is 5.22. The predicted molar refractivity (Wildman–Crippen MR) is 73.9 cm³/mol. The maximum atomic E-state index is 12.6. The van der Waals surface area contributed by atoms with E-state index in [0.717, 1.165) is 13.1 Å². The maximum Gasteiger partial charge on any atom is 0.254 e. The third-order valence-electron chi connectivity index (χ3n) is 3.84. The van der Waals surface area contributed by atoms with E-state index in [2.05, 4.69) is 4.90 Å². The highest BCUT2D eigenvalue weighted by Crippen LogP contribution is 2.33. The second-order valence-corrected chi connectivity index (χ2v) is 5.22. The summed E-state index contributed by atoms with van der Waals surface area (Å²) in [4.78, 5) is 16.7. The Morgan fingerprint density at radius 1 is 1.35 bits per heavy atom. The van der Waals surface area contributed by atoms with Crippen molar-refractivity contribution < 1.29 is 14.3 Å². The Hall–Kier alpha value is -1.79. The number of piperazine rings is 1. The lowest BCUT2D eigenvalue weighted by atomic mass is 10.1. The zero-order valence-electron chi connectivity index (χ0n) is 11.5. The number of carbonyl (C=O) groups excluding carboxylic acids is 1. The van der Waals surface area contributed by atoms with Crippen LogP contribution in [0, 0.1) is 0 Å². The molecule has 2 N–H and O–H groups in total. The molecule has 0 aromatic heterocycles. The molecule has 0 saturated carbocycles. The molecule has 1 aromatic rings. The summed E-state index contributed by atoms with van der Waals surface area (Å²) in [5.41, 5.74) is 6.42. The van der Waals surface area contributed by atoms with Crippen molar-refractivity contribution in [2.24, 2.45) is 5.73 Å². The van der Waals surface area contributed by atoms with E-state index in [0.29, 0.717) is 30.2 Å². The fraction of sp³-hybridized carbons (Fsp3) is 0.500. The van der Waals surface area contributed by atoms with Gasteiger partial charge in [0.1, 0.15) is 0 Å². The number of hydrogen-bond donors (Lipinski definition) is 1. The van der Waals surface area contributed by atoms with Crippen LogP contribution in [0.25, 0.3) is 0 Å². The molecule has 0 spiro atoms. The summed E-state index contributed by atoms with van der Waals surface area (Å²) in [7, 11) is 2.05. The average molecular weight is 277 g/mol. The third kappa shape index (κ3) is 2.32. The van der Waals surface area contributed by atoms with Crippen molar-refractivity contribution in [3.8, 4) is 11.5 Å². The standard InChI is InChI=1S/C14H19N3O3/c1-16-4-5-17(11(7-15)8-16)14(18)10-2-3-12-13(6-10)20-9-19-12/h2-3,6,11H,4-5,7-9,15H2,1H3. The summed E-state index contributed by atoms with van der Waals surface area (Å²) < 4.78 is 10.6. The molecule has 1 amide bonds. The number of nitrogens with two attached hydrogens (primary N) is 1. The largest absolute Gasteiger partial charge is 0.454 e. The van der Waals surface area contributed by atoms with Crippen LogP contribution in [0.2, 0.25) is 0 Å². The first kappa shape index (κ1) is 13.2. The van der Waals surface area contributed by atoms with Crippen molar-refractivity contribution >= 4 is 5.91 Å². The number of amides is 1. The van der Waals surface area contributed by atoms with Gasteiger partial charge >= 0.3 is 0 Å². The Morgan fingerprint density at radius 2 is 2.15 bits per heavy atom. The zero-order chi connectivity index (χ0) is 14.1. The van der Waals surface area contributed by atoms with Crippen molar-refractivity contribution in [1.82, 2.24) is 9.80 Å². The van der Waals surface area contributed by atoms with Gasteiger partial charge in [0.15, 0.2) is 11.5 Å². The van der Waals surface area contributed by atoms with Crippen LogP contribution in [0.5, 0.6) is 11.5 Å². The normalized spacial score (nSPS) is 22.1. The number of hydrogen-bond acceptors (Lipinski definition) is 5. The Balaban J connectivity index is 1.81. The third-order valence-corrected chi connectivity index (χ3v) is 3.84. The summed E-state index contributed by atoms with van der Waals surface area (Å²) in [6, 6.07) is 5.37. The van der Waals surface area contributed by atoms with E-state index < -0.39 is 0 Å². The number of fused-ring (bicyclic) bond motifs is 1. The zero-order valence-corrected chi connectivity index (χ0v) is 11.5. The van der Waals surface area contributed by atoms with Gasteiger partial charge in [0.05, 0.1) is 6.04 Å². The number of rotatable bonds is 2. The van der Waals surface area contributed by atoms with Crippen molar-refractivity contribution in [1.29, 1.82) is 0 Å². The van der Waals surface area contributed by atoms with Gasteiger partial charge in [-0.05, 0) is 25.2 Å². The number of ether oxygens (including phenoxy) is 2. The lowest BCUT2D eigenvalue weighted by molar-refractivity contribution is 0.0515. The Morgan fingerprint density at radius 3 is 2.95 bits per heavy atom. The van der Waals surface area contributed by atoms with E-state index >= 15 is 0 Å². The van der Waals surface area contributed by atoms with Gasteiger partial charge in [-0.1, -0.05) is 0 Å². The van der Waals surface area contributed by atoms with E-state index in [1.165, 1.54) is 0 Å². The van der Waals surface area contributed by atoms with Crippen LogP contribution in [0.3, 0.4) is 0 Å². The fourth-order valence-electron chi connectivity index (χ4n) is 2.68. The number of likely N-dealkylation sites (N-methyl/N-ethyl adjacent to an activating group) is 1. The molecule has 0 aliphatic carbocycles. The summed E-state index contributed by atoms with van der Waals surface area (Å²) >= 11 is 0. The minimum atomic E-state index is 0.00634. The first-order chi connectivity index (χ1) is 9.69. The molecule has 1 fully saturated rings. The van der Waals surface area contributed by atoms with Crippen LogP contribution in [0.1, 0.15) is 10.4 Å². The molecule has 3 rings (SSSR count). The molecule has 1 unspecified atom stereocenters. The molecule has 2 heterocycles. The number of benzene rings is 1. The molecule has 1 aromatic carbocycles. The van der Waals surface area contributed by atoms with Crippen LogP contribution in [-0.2, 0) is 0 Å². The number of carbonyl (C=O) groups is 1. The summed E-state index contributed by atoms with van der Waals surface area (Å²) in [5, 5.41) is 0. The fourth-order valence-corrected chi connectivity index (χ4v) is 2.68. The molecule has 2 aliphatic heterocycles. The van der Waals surface area contributed by atoms with E-state index in [4.69, 9.17) is 15.2 Å². The molecular weight excluding hydrogens is 258 g/mol. The van der Waals surface area contributed by atoms with Crippen LogP contribution < -0.4 is 15.2 Å². The van der Waals surface area contributed by atoms with Crippen LogP contribution in [0.15, 0.2) is 18.2 Å². The molecule has 108 valence electrons. The lowest BCUT2D eigenvalue weighted by Crippen LogP contribution is -2.56. The van der Waals surface area contributed by atoms with Gasteiger partial charge in [0.2, 0.25) is 6.79 Å². The second kappa shape index (κ2) is 5.30. The molecule has 1 saturated heterocycles. The molecular formula is C14H19N3O3. The van der Waals surface area contributed by atoms with Crippen molar-refractivity contribution in [3.05, 3.63) is 23.8 Å². The van der Waals surface area contributed by atoms with E-state index in [1.807, 2.05) is 11.9 Å². The smallest absolute Gasteiger partial charge is 0.254 e. The minimum Gasteiger partial charge on any atom is -0.454 e. The summed E-state index contributed by atoms with van der Waals surface area (Å²) in [6.07, 6.45) is 0. The van der Waals surface area contributed by atoms with Crippen LogP contribution >= 0.6 is 0 Å². The minimum absolute atomic E-state index is 0.00634. The first-order valence-corrected chi connectivity index (χ1v) is 6.78. The molecule has 20 heavy (non-hydrogen) atoms. The Kier molecular flexibility index (Phi) is 3.50. The van der Waals surface area contributed by atoms with E-state index in [-0.39, 0.29) is 18.7 Å².